The average molecular weight is 259 g/mol. The van der Waals surface area contributed by atoms with Gasteiger partial charge in [0, 0.05) is 6.20 Å². The predicted octanol–water partition coefficient (Wildman–Crippen LogP) is -0.389. The standard InChI is InChI=1S/C9H13N3O4S/c1-16-9(13)8-7(10)4-12(11-8)6-2-3-17(14,15)5-6/h4,6H,2-3,5,10H2,1H3. The third kappa shape index (κ3) is 2.26. The number of hydrogen-bond acceptors (Lipinski definition) is 6. The molecule has 94 valence electrons. The third-order valence-corrected chi connectivity index (χ3v) is 4.47. The van der Waals surface area contributed by atoms with Crippen LogP contribution < -0.4 is 5.73 Å². The number of sulfone groups is 1. The number of nitrogens with zero attached hydrogens (tertiary/aromatic N) is 2. The van der Waals surface area contributed by atoms with Crippen LogP contribution in [0.3, 0.4) is 0 Å². The van der Waals surface area contributed by atoms with E-state index in [1.165, 1.54) is 18.0 Å². The van der Waals surface area contributed by atoms with E-state index in [0.29, 0.717) is 6.42 Å². The summed E-state index contributed by atoms with van der Waals surface area (Å²) in [6.45, 7) is 0. The number of aromatic nitrogens is 2. The molecule has 1 unspecified atom stereocenters. The molecule has 7 nitrogen and oxygen atoms in total. The maximum absolute atomic E-state index is 11.3. The maximum Gasteiger partial charge on any atom is 0.360 e. The van der Waals surface area contributed by atoms with Crippen LogP contribution in [0.1, 0.15) is 23.0 Å². The molecule has 0 spiro atoms. The van der Waals surface area contributed by atoms with Gasteiger partial charge in [-0.15, -0.1) is 0 Å². The summed E-state index contributed by atoms with van der Waals surface area (Å²) in [7, 11) is -1.75. The first-order valence-corrected chi connectivity index (χ1v) is 6.88. The van der Waals surface area contributed by atoms with Crippen molar-refractivity contribution in [1.29, 1.82) is 0 Å². The SMILES string of the molecule is COC(=O)c1nn(C2CCS(=O)(=O)C2)cc1N. The molecule has 1 aromatic heterocycles. The number of hydrogen-bond donors (Lipinski definition) is 1. The van der Waals surface area contributed by atoms with E-state index < -0.39 is 15.8 Å². The molecule has 0 bridgehead atoms. The number of nitrogens with two attached hydrogens (primary N) is 1. The Balaban J connectivity index is 2.27. The Morgan fingerprint density at radius 2 is 2.35 bits per heavy atom. The van der Waals surface area contributed by atoms with Crippen LogP contribution in [0.25, 0.3) is 0 Å². The van der Waals surface area contributed by atoms with E-state index in [9.17, 15) is 13.2 Å². The minimum absolute atomic E-state index is 0.0248. The molecule has 2 N–H and O–H groups in total. The molecule has 0 saturated carbocycles. The summed E-state index contributed by atoms with van der Waals surface area (Å²) in [5.41, 5.74) is 5.84. The van der Waals surface area contributed by atoms with Crippen molar-refractivity contribution in [3.05, 3.63) is 11.9 Å². The zero-order valence-electron chi connectivity index (χ0n) is 9.29. The van der Waals surface area contributed by atoms with Gasteiger partial charge in [0.2, 0.25) is 0 Å². The first-order chi connectivity index (χ1) is 7.93. The van der Waals surface area contributed by atoms with Crippen molar-refractivity contribution in [2.24, 2.45) is 0 Å². The summed E-state index contributed by atoms with van der Waals surface area (Å²) in [4.78, 5) is 11.3. The molecule has 0 amide bonds. The summed E-state index contributed by atoms with van der Waals surface area (Å²) in [5, 5.41) is 3.98. The highest BCUT2D eigenvalue weighted by atomic mass is 32.2. The minimum atomic E-state index is -2.99. The highest BCUT2D eigenvalue weighted by Gasteiger charge is 2.30. The lowest BCUT2D eigenvalue weighted by Gasteiger charge is -2.06. The van der Waals surface area contributed by atoms with Gasteiger partial charge in [-0.3, -0.25) is 4.68 Å². The Kier molecular flexibility index (Phi) is 2.82. The molecule has 1 atom stereocenters. The molecule has 0 radical (unpaired) electrons. The fraction of sp³-hybridized carbons (Fsp3) is 0.556. The lowest BCUT2D eigenvalue weighted by atomic mass is 10.3. The molecule has 1 aliphatic rings. The number of carbonyl (C=O) groups excluding carboxylic acids is 1. The predicted molar refractivity (Wildman–Crippen MR) is 60.3 cm³/mol. The molecule has 2 heterocycles. The summed E-state index contributed by atoms with van der Waals surface area (Å²) < 4.78 is 28.6. The first-order valence-electron chi connectivity index (χ1n) is 5.06. The Bertz CT molecular complexity index is 549. The van der Waals surface area contributed by atoms with Crippen molar-refractivity contribution in [3.8, 4) is 0 Å². The summed E-state index contributed by atoms with van der Waals surface area (Å²) in [5.74, 6) is -0.443. The zero-order valence-corrected chi connectivity index (χ0v) is 10.1. The molecular formula is C9H13N3O4S. The second-order valence-electron chi connectivity index (χ2n) is 3.96. The van der Waals surface area contributed by atoms with Gasteiger partial charge in [0.15, 0.2) is 15.5 Å². The molecule has 0 aromatic carbocycles. The van der Waals surface area contributed by atoms with Gasteiger partial charge in [-0.05, 0) is 6.42 Å². The smallest absolute Gasteiger partial charge is 0.360 e. The molecule has 1 saturated heterocycles. The van der Waals surface area contributed by atoms with Crippen molar-refractivity contribution >= 4 is 21.5 Å². The van der Waals surface area contributed by atoms with Crippen molar-refractivity contribution in [2.75, 3.05) is 24.3 Å². The fourth-order valence-corrected chi connectivity index (χ4v) is 3.54. The Labute approximate surface area is 98.5 Å². The minimum Gasteiger partial charge on any atom is -0.464 e. The van der Waals surface area contributed by atoms with Crippen molar-refractivity contribution in [3.63, 3.8) is 0 Å². The monoisotopic (exact) mass is 259 g/mol. The highest BCUT2D eigenvalue weighted by molar-refractivity contribution is 7.91. The fourth-order valence-electron chi connectivity index (χ4n) is 1.83. The second kappa shape index (κ2) is 4.02. The molecule has 17 heavy (non-hydrogen) atoms. The molecule has 8 heteroatoms. The van der Waals surface area contributed by atoms with Crippen LogP contribution in [0.5, 0.6) is 0 Å². The molecule has 1 aromatic rings. The molecule has 1 aliphatic heterocycles. The number of rotatable bonds is 2. The highest BCUT2D eigenvalue weighted by Crippen LogP contribution is 2.24. The van der Waals surface area contributed by atoms with Gasteiger partial charge in [-0.2, -0.15) is 5.10 Å². The van der Waals surface area contributed by atoms with Gasteiger partial charge in [0.05, 0.1) is 30.3 Å². The van der Waals surface area contributed by atoms with E-state index in [1.807, 2.05) is 0 Å². The van der Waals surface area contributed by atoms with Crippen LogP contribution >= 0.6 is 0 Å². The van der Waals surface area contributed by atoms with Gasteiger partial charge in [0.25, 0.3) is 0 Å². The lowest BCUT2D eigenvalue weighted by molar-refractivity contribution is 0.0594. The van der Waals surface area contributed by atoms with E-state index in [0.717, 1.165) is 0 Å². The van der Waals surface area contributed by atoms with Crippen LogP contribution in [0, 0.1) is 0 Å². The Morgan fingerprint density at radius 1 is 1.65 bits per heavy atom. The van der Waals surface area contributed by atoms with Gasteiger partial charge in [-0.1, -0.05) is 0 Å². The van der Waals surface area contributed by atoms with E-state index in [4.69, 9.17) is 5.73 Å². The molecular weight excluding hydrogens is 246 g/mol. The normalized spacial score (nSPS) is 22.5. The van der Waals surface area contributed by atoms with Gasteiger partial charge >= 0.3 is 5.97 Å². The number of nitrogen functional groups attached to an aromatic ring is 1. The van der Waals surface area contributed by atoms with Crippen LogP contribution in [0.2, 0.25) is 0 Å². The topological polar surface area (TPSA) is 104 Å². The van der Waals surface area contributed by atoms with Crippen LogP contribution in [0.4, 0.5) is 5.69 Å². The zero-order chi connectivity index (χ0) is 12.6. The number of methoxy groups -OCH3 is 1. The maximum atomic E-state index is 11.3. The molecule has 0 aliphatic carbocycles. The van der Waals surface area contributed by atoms with Crippen molar-refractivity contribution in [1.82, 2.24) is 9.78 Å². The lowest BCUT2D eigenvalue weighted by Crippen LogP contribution is -2.13. The van der Waals surface area contributed by atoms with E-state index in [-0.39, 0.29) is 28.9 Å². The van der Waals surface area contributed by atoms with Gasteiger partial charge in [-0.25, -0.2) is 13.2 Å². The van der Waals surface area contributed by atoms with Crippen LogP contribution in [0.15, 0.2) is 6.20 Å². The quantitative estimate of drug-likeness (QED) is 0.725. The van der Waals surface area contributed by atoms with Gasteiger partial charge < -0.3 is 10.5 Å². The summed E-state index contributed by atoms with van der Waals surface area (Å²) in [6.07, 6.45) is 1.96. The van der Waals surface area contributed by atoms with E-state index in [1.54, 1.807) is 0 Å². The van der Waals surface area contributed by atoms with E-state index >= 15 is 0 Å². The van der Waals surface area contributed by atoms with Gasteiger partial charge in [0.1, 0.15) is 0 Å². The third-order valence-electron chi connectivity index (χ3n) is 2.72. The molecule has 1 fully saturated rings. The van der Waals surface area contributed by atoms with Crippen molar-refractivity contribution in [2.45, 2.75) is 12.5 Å². The summed E-state index contributed by atoms with van der Waals surface area (Å²) >= 11 is 0. The second-order valence-corrected chi connectivity index (χ2v) is 6.19. The number of ether oxygens (including phenoxy) is 1. The summed E-state index contributed by atoms with van der Waals surface area (Å²) in [6, 6.07) is -0.249. The molecule has 2 rings (SSSR count). The number of anilines is 1. The number of carbonyl (C=O) groups is 1. The first kappa shape index (κ1) is 11.9. The average Bonchev–Trinajstić information content (AvgIpc) is 2.80. The van der Waals surface area contributed by atoms with E-state index in [2.05, 4.69) is 9.84 Å². The Hall–Kier alpha value is -1.57. The van der Waals surface area contributed by atoms with Crippen molar-refractivity contribution < 1.29 is 17.9 Å². The van der Waals surface area contributed by atoms with Crippen LogP contribution in [-0.2, 0) is 14.6 Å². The largest absolute Gasteiger partial charge is 0.464 e. The Morgan fingerprint density at radius 3 is 2.88 bits per heavy atom. The van der Waals surface area contributed by atoms with Crippen LogP contribution in [-0.4, -0.2) is 42.8 Å². The number of esters is 1.